The molecule has 2 aromatic carbocycles. The van der Waals surface area contributed by atoms with Gasteiger partial charge in [-0.1, -0.05) is 30.3 Å². The second kappa shape index (κ2) is 7.65. The summed E-state index contributed by atoms with van der Waals surface area (Å²) in [6.07, 6.45) is 0.189. The van der Waals surface area contributed by atoms with Crippen LogP contribution in [-0.4, -0.2) is 46.4 Å². The van der Waals surface area contributed by atoms with Crippen molar-refractivity contribution in [3.8, 4) is 11.5 Å². The Balaban J connectivity index is 1.60. The molecule has 138 valence electrons. The fourth-order valence-corrected chi connectivity index (χ4v) is 3.54. The Morgan fingerprint density at radius 3 is 2.62 bits per heavy atom. The third-order valence-electron chi connectivity index (χ3n) is 3.84. The van der Waals surface area contributed by atoms with Crippen LogP contribution in [0.15, 0.2) is 54.6 Å². The molecule has 3 rings (SSSR count). The maximum atomic E-state index is 12.4. The van der Waals surface area contributed by atoms with Crippen molar-refractivity contribution in [2.45, 2.75) is 6.10 Å². The van der Waals surface area contributed by atoms with Crippen molar-refractivity contribution < 1.29 is 22.7 Å². The molecule has 1 N–H and O–H groups in total. The minimum atomic E-state index is -3.52. The van der Waals surface area contributed by atoms with Gasteiger partial charge in [0.25, 0.3) is 5.91 Å². The van der Waals surface area contributed by atoms with Crippen LogP contribution in [0.3, 0.4) is 0 Å². The van der Waals surface area contributed by atoms with Crippen molar-refractivity contribution in [3.05, 3.63) is 54.6 Å². The number of fused-ring (bicyclic) bond motifs is 1. The van der Waals surface area contributed by atoms with Crippen LogP contribution in [0.2, 0.25) is 0 Å². The number of para-hydroxylation sites is 3. The Labute approximate surface area is 152 Å². The molecule has 0 saturated carbocycles. The van der Waals surface area contributed by atoms with Crippen LogP contribution >= 0.6 is 0 Å². The molecular formula is C18H20N2O5S. The van der Waals surface area contributed by atoms with Crippen molar-refractivity contribution in [3.63, 3.8) is 0 Å². The number of carbonyl (C=O) groups excluding carboxylic acids is 1. The summed E-state index contributed by atoms with van der Waals surface area (Å²) in [4.78, 5) is 12.4. The maximum Gasteiger partial charge on any atom is 0.263 e. The van der Waals surface area contributed by atoms with Crippen LogP contribution < -0.4 is 19.1 Å². The van der Waals surface area contributed by atoms with Crippen LogP contribution in [0.25, 0.3) is 0 Å². The molecule has 0 spiro atoms. The smallest absolute Gasteiger partial charge is 0.263 e. The number of amides is 1. The molecule has 0 saturated heterocycles. The number of hydrogen-bond acceptors (Lipinski definition) is 5. The second-order valence-electron chi connectivity index (χ2n) is 5.82. The highest BCUT2D eigenvalue weighted by Gasteiger charge is 2.34. The van der Waals surface area contributed by atoms with Gasteiger partial charge in [-0.3, -0.25) is 9.10 Å². The summed E-state index contributed by atoms with van der Waals surface area (Å²) < 4.78 is 36.5. The number of benzene rings is 2. The summed E-state index contributed by atoms with van der Waals surface area (Å²) in [5.41, 5.74) is 0.437. The van der Waals surface area contributed by atoms with Gasteiger partial charge in [0.2, 0.25) is 10.0 Å². The number of rotatable bonds is 6. The fourth-order valence-electron chi connectivity index (χ4n) is 2.63. The van der Waals surface area contributed by atoms with Gasteiger partial charge in [-0.05, 0) is 24.3 Å². The first-order valence-corrected chi connectivity index (χ1v) is 9.99. The monoisotopic (exact) mass is 376 g/mol. The number of carbonyl (C=O) groups is 1. The lowest BCUT2D eigenvalue weighted by molar-refractivity contribution is -0.127. The molecule has 0 aromatic heterocycles. The van der Waals surface area contributed by atoms with Gasteiger partial charge in [0.05, 0.1) is 25.0 Å². The van der Waals surface area contributed by atoms with E-state index in [-0.39, 0.29) is 19.0 Å². The summed E-state index contributed by atoms with van der Waals surface area (Å²) in [5, 5.41) is 2.72. The van der Waals surface area contributed by atoms with E-state index >= 15 is 0 Å². The Morgan fingerprint density at radius 1 is 1.19 bits per heavy atom. The zero-order valence-corrected chi connectivity index (χ0v) is 15.1. The Morgan fingerprint density at radius 2 is 1.88 bits per heavy atom. The average molecular weight is 376 g/mol. The molecule has 1 aliphatic rings. The van der Waals surface area contributed by atoms with Gasteiger partial charge in [-0.2, -0.15) is 0 Å². The highest BCUT2D eigenvalue weighted by Crippen LogP contribution is 2.34. The first kappa shape index (κ1) is 18.1. The van der Waals surface area contributed by atoms with E-state index in [0.29, 0.717) is 23.8 Å². The van der Waals surface area contributed by atoms with E-state index in [9.17, 15) is 13.2 Å². The molecule has 1 amide bonds. The topological polar surface area (TPSA) is 84.9 Å². The molecule has 0 unspecified atom stereocenters. The molecule has 2 aromatic rings. The molecule has 1 aliphatic heterocycles. The van der Waals surface area contributed by atoms with E-state index < -0.39 is 16.1 Å². The van der Waals surface area contributed by atoms with Crippen molar-refractivity contribution in [1.29, 1.82) is 0 Å². The molecule has 1 atom stereocenters. The largest absolute Gasteiger partial charge is 0.492 e. The molecule has 0 aliphatic carbocycles. The van der Waals surface area contributed by atoms with Crippen molar-refractivity contribution in [2.24, 2.45) is 0 Å². The number of hydrogen-bond donors (Lipinski definition) is 1. The van der Waals surface area contributed by atoms with Gasteiger partial charge in [0.1, 0.15) is 18.1 Å². The lowest BCUT2D eigenvalue weighted by Crippen LogP contribution is -2.51. The molecule has 0 radical (unpaired) electrons. The standard InChI is InChI=1S/C18H20N2O5S/c1-26(22,23)20-13-17(25-16-10-6-5-9-15(16)20)18(21)19-11-12-24-14-7-3-2-4-8-14/h2-10,17H,11-13H2,1H3,(H,19,21)/t17-/m0/s1. The van der Waals surface area contributed by atoms with Crippen LogP contribution in [0.5, 0.6) is 11.5 Å². The van der Waals surface area contributed by atoms with Gasteiger partial charge in [0.15, 0.2) is 6.10 Å². The highest BCUT2D eigenvalue weighted by atomic mass is 32.2. The van der Waals surface area contributed by atoms with Crippen LogP contribution in [0, 0.1) is 0 Å². The van der Waals surface area contributed by atoms with Crippen LogP contribution in [0.1, 0.15) is 0 Å². The minimum absolute atomic E-state index is 0.0682. The number of sulfonamides is 1. The molecule has 1 heterocycles. The normalized spacial score (nSPS) is 16.3. The molecule has 8 heteroatoms. The van der Waals surface area contributed by atoms with Crippen molar-refractivity contribution >= 4 is 21.6 Å². The van der Waals surface area contributed by atoms with E-state index in [4.69, 9.17) is 9.47 Å². The predicted molar refractivity (Wildman–Crippen MR) is 98.0 cm³/mol. The quantitative estimate of drug-likeness (QED) is 0.771. The van der Waals surface area contributed by atoms with E-state index in [0.717, 1.165) is 6.26 Å². The molecular weight excluding hydrogens is 356 g/mol. The summed E-state index contributed by atoms with van der Waals surface area (Å²) in [7, 11) is -3.52. The van der Waals surface area contributed by atoms with Gasteiger partial charge in [0, 0.05) is 0 Å². The molecule has 7 nitrogen and oxygen atoms in total. The van der Waals surface area contributed by atoms with Gasteiger partial charge in [-0.15, -0.1) is 0 Å². The zero-order valence-electron chi connectivity index (χ0n) is 14.3. The third-order valence-corrected chi connectivity index (χ3v) is 4.99. The van der Waals surface area contributed by atoms with E-state index in [1.165, 1.54) is 4.31 Å². The lowest BCUT2D eigenvalue weighted by atomic mass is 10.2. The highest BCUT2D eigenvalue weighted by molar-refractivity contribution is 7.92. The van der Waals surface area contributed by atoms with E-state index in [1.807, 2.05) is 30.3 Å². The van der Waals surface area contributed by atoms with Gasteiger partial charge < -0.3 is 14.8 Å². The number of nitrogens with zero attached hydrogens (tertiary/aromatic N) is 1. The summed E-state index contributed by atoms with van der Waals surface area (Å²) >= 11 is 0. The average Bonchev–Trinajstić information content (AvgIpc) is 2.64. The number of ether oxygens (including phenoxy) is 2. The summed E-state index contributed by atoms with van der Waals surface area (Å²) in [5.74, 6) is 0.697. The van der Waals surface area contributed by atoms with Crippen LogP contribution in [-0.2, 0) is 14.8 Å². The maximum absolute atomic E-state index is 12.4. The lowest BCUT2D eigenvalue weighted by Gasteiger charge is -2.33. The fraction of sp³-hybridized carbons (Fsp3) is 0.278. The third kappa shape index (κ3) is 4.26. The molecule has 0 fully saturated rings. The number of anilines is 1. The zero-order chi connectivity index (χ0) is 18.6. The van der Waals surface area contributed by atoms with Crippen molar-refractivity contribution in [2.75, 3.05) is 30.3 Å². The van der Waals surface area contributed by atoms with E-state index in [2.05, 4.69) is 5.32 Å². The Hall–Kier alpha value is -2.74. The summed E-state index contributed by atoms with van der Waals surface area (Å²) in [6, 6.07) is 16.0. The predicted octanol–water partition coefficient (Wildman–Crippen LogP) is 1.41. The van der Waals surface area contributed by atoms with Crippen molar-refractivity contribution in [1.82, 2.24) is 5.32 Å². The first-order chi connectivity index (χ1) is 12.4. The summed E-state index contributed by atoms with van der Waals surface area (Å²) in [6.45, 7) is 0.518. The van der Waals surface area contributed by atoms with Crippen LogP contribution in [0.4, 0.5) is 5.69 Å². The number of nitrogens with one attached hydrogen (secondary N) is 1. The molecule has 0 bridgehead atoms. The SMILES string of the molecule is CS(=O)(=O)N1C[C@@H](C(=O)NCCOc2ccccc2)Oc2ccccc21. The second-order valence-corrected chi connectivity index (χ2v) is 7.73. The Bertz CT molecular complexity index is 870. The minimum Gasteiger partial charge on any atom is -0.492 e. The molecule has 26 heavy (non-hydrogen) atoms. The van der Waals surface area contributed by atoms with E-state index in [1.54, 1.807) is 24.3 Å². The van der Waals surface area contributed by atoms with Gasteiger partial charge >= 0.3 is 0 Å². The Kier molecular flexibility index (Phi) is 5.32. The van der Waals surface area contributed by atoms with Gasteiger partial charge in [-0.25, -0.2) is 8.42 Å². The first-order valence-electron chi connectivity index (χ1n) is 8.14.